The van der Waals surface area contributed by atoms with E-state index in [0.717, 1.165) is 109 Å². The fourth-order valence-electron chi connectivity index (χ4n) is 10.4. The summed E-state index contributed by atoms with van der Waals surface area (Å²) in [6.45, 7) is 6.44. The molecule has 0 radical (unpaired) electrons. The van der Waals surface area contributed by atoms with Gasteiger partial charge >= 0.3 is 17.9 Å². The lowest BCUT2D eigenvalue weighted by molar-refractivity contribution is -0.167. The highest BCUT2D eigenvalue weighted by Crippen LogP contribution is 2.18. The monoisotopic (exact) mass is 1140 g/mol. The fraction of sp³-hybridized carbons (Fsp3) is 0.776. The topological polar surface area (TPSA) is 78.9 Å². The van der Waals surface area contributed by atoms with Crippen molar-refractivity contribution in [2.75, 3.05) is 13.2 Å². The van der Waals surface area contributed by atoms with Crippen molar-refractivity contribution in [3.05, 3.63) is 85.1 Å². The van der Waals surface area contributed by atoms with Gasteiger partial charge in [0.1, 0.15) is 13.2 Å². The average Bonchev–Trinajstić information content (AvgIpc) is 3.47. The Bertz CT molecular complexity index is 1550. The lowest BCUT2D eigenvalue weighted by atomic mass is 10.0. The molecule has 0 fully saturated rings. The first-order valence-electron chi connectivity index (χ1n) is 35.6. The molecule has 0 aromatic rings. The van der Waals surface area contributed by atoms with E-state index in [4.69, 9.17) is 14.2 Å². The van der Waals surface area contributed by atoms with E-state index in [1.165, 1.54) is 212 Å². The second-order valence-electron chi connectivity index (χ2n) is 23.7. The summed E-state index contributed by atoms with van der Waals surface area (Å²) in [7, 11) is 0. The number of hydrogen-bond acceptors (Lipinski definition) is 6. The van der Waals surface area contributed by atoms with Crippen molar-refractivity contribution in [1.82, 2.24) is 0 Å². The van der Waals surface area contributed by atoms with Gasteiger partial charge in [-0.2, -0.15) is 0 Å². The molecule has 82 heavy (non-hydrogen) atoms. The zero-order valence-corrected chi connectivity index (χ0v) is 54.5. The van der Waals surface area contributed by atoms with Gasteiger partial charge < -0.3 is 14.2 Å². The molecule has 6 nitrogen and oxygen atoms in total. The molecule has 0 aromatic carbocycles. The van der Waals surface area contributed by atoms with Crippen LogP contribution in [0.2, 0.25) is 0 Å². The molecule has 0 spiro atoms. The van der Waals surface area contributed by atoms with Gasteiger partial charge in [0.05, 0.1) is 0 Å². The molecule has 0 N–H and O–H groups in total. The highest BCUT2D eigenvalue weighted by atomic mass is 16.6. The Balaban J connectivity index is 4.23. The molecule has 6 heteroatoms. The second-order valence-corrected chi connectivity index (χ2v) is 23.7. The Labute approximate surface area is 509 Å². The minimum absolute atomic E-state index is 0.0814. The number of hydrogen-bond donors (Lipinski definition) is 0. The first kappa shape index (κ1) is 78.6. The number of unbranched alkanes of at least 4 members (excludes halogenated alkanes) is 40. The summed E-state index contributed by atoms with van der Waals surface area (Å²) < 4.78 is 17.0. The average molecular weight is 1140 g/mol. The number of allylic oxidation sites excluding steroid dienone is 14. The summed E-state index contributed by atoms with van der Waals surface area (Å²) in [5.41, 5.74) is 0. The third kappa shape index (κ3) is 67.4. The van der Waals surface area contributed by atoms with Crippen molar-refractivity contribution in [3.63, 3.8) is 0 Å². The van der Waals surface area contributed by atoms with Crippen LogP contribution in [0.3, 0.4) is 0 Å². The van der Waals surface area contributed by atoms with Gasteiger partial charge in [-0.15, -0.1) is 0 Å². The molecule has 1 unspecified atom stereocenters. The number of ether oxygens (including phenoxy) is 3. The van der Waals surface area contributed by atoms with Crippen LogP contribution in [0.1, 0.15) is 361 Å². The quantitative estimate of drug-likeness (QED) is 0.0261. The summed E-state index contributed by atoms with van der Waals surface area (Å²) in [5.74, 6) is -0.891. The minimum atomic E-state index is -0.787. The van der Waals surface area contributed by atoms with Crippen molar-refractivity contribution in [3.8, 4) is 0 Å². The Morgan fingerprint density at radius 3 is 0.756 bits per heavy atom. The van der Waals surface area contributed by atoms with Crippen molar-refractivity contribution < 1.29 is 28.6 Å². The molecule has 0 aromatic heterocycles. The van der Waals surface area contributed by atoms with Gasteiger partial charge in [0.25, 0.3) is 0 Å². The van der Waals surface area contributed by atoms with E-state index >= 15 is 0 Å². The molecule has 1 atom stereocenters. The molecule has 474 valence electrons. The molecule has 0 aliphatic rings. The molecule has 0 aliphatic heterocycles. The first-order chi connectivity index (χ1) is 40.5. The maximum Gasteiger partial charge on any atom is 0.306 e. The highest BCUT2D eigenvalue weighted by molar-refractivity contribution is 5.71. The van der Waals surface area contributed by atoms with E-state index in [1.807, 2.05) is 0 Å². The molecule has 0 amide bonds. The fourth-order valence-corrected chi connectivity index (χ4v) is 10.4. The molecular formula is C76H134O6. The summed E-state index contributed by atoms with van der Waals surface area (Å²) in [6.07, 6.45) is 93.4. The first-order valence-corrected chi connectivity index (χ1v) is 35.6. The SMILES string of the molecule is CC/C=C\C/C=C\C/C=C\C/C=C\CCCCCCCCCCCCCCCCCCC(=O)OCC(COC(=O)CCCCC/C=C\C/C=C\C/C=C\CC)OC(=O)CCCCCCCCCCCCCCCCCCCCCCCC. The smallest absolute Gasteiger partial charge is 0.306 e. The zero-order valence-electron chi connectivity index (χ0n) is 54.5. The molecule has 0 saturated carbocycles. The van der Waals surface area contributed by atoms with Crippen LogP contribution >= 0.6 is 0 Å². The Morgan fingerprint density at radius 2 is 0.476 bits per heavy atom. The van der Waals surface area contributed by atoms with E-state index < -0.39 is 6.10 Å². The van der Waals surface area contributed by atoms with E-state index in [9.17, 15) is 14.4 Å². The van der Waals surface area contributed by atoms with Gasteiger partial charge in [-0.3, -0.25) is 14.4 Å². The van der Waals surface area contributed by atoms with Crippen LogP contribution in [0.5, 0.6) is 0 Å². The molecule has 0 rings (SSSR count). The standard InChI is InChI=1S/C76H134O6/c1-4-7-10-13-16-19-22-25-27-29-31-33-35-36-37-38-39-40-41-43-44-46-48-51-54-57-60-63-66-69-75(78)81-72-73(71-80-74(77)68-65-62-59-56-53-50-24-21-18-15-12-9-6-3)82-76(79)70-67-64-61-58-55-52-49-47-45-42-34-32-30-28-26-23-20-17-14-11-8-5-2/h7,9-10,12,16,18-19,21,25,27,31,33,50,53,73H,4-6,8,11,13-15,17,20,22-24,26,28-30,32,34-49,51-52,54-72H2,1-3H3/b10-7-,12-9-,19-16-,21-18-,27-25-,33-31-,53-50-. The number of carbonyl (C=O) groups excluding carboxylic acids is 3. The molecule has 0 aliphatic carbocycles. The third-order valence-corrected chi connectivity index (χ3v) is 15.6. The Morgan fingerprint density at radius 1 is 0.256 bits per heavy atom. The largest absolute Gasteiger partial charge is 0.462 e. The van der Waals surface area contributed by atoms with Crippen molar-refractivity contribution in [2.24, 2.45) is 0 Å². The van der Waals surface area contributed by atoms with Gasteiger partial charge in [0.2, 0.25) is 0 Å². The molecule has 0 saturated heterocycles. The number of carbonyl (C=O) groups is 3. The van der Waals surface area contributed by atoms with E-state index in [2.05, 4.69) is 106 Å². The lowest BCUT2D eigenvalue weighted by Gasteiger charge is -2.18. The molecular weight excluding hydrogens is 1010 g/mol. The van der Waals surface area contributed by atoms with Crippen LogP contribution in [-0.2, 0) is 28.6 Å². The Hall–Kier alpha value is -3.41. The highest BCUT2D eigenvalue weighted by Gasteiger charge is 2.19. The van der Waals surface area contributed by atoms with Crippen molar-refractivity contribution >= 4 is 17.9 Å². The number of rotatable bonds is 65. The summed E-state index contributed by atoms with van der Waals surface area (Å²) in [5, 5.41) is 0. The lowest BCUT2D eigenvalue weighted by Crippen LogP contribution is -2.30. The predicted octanol–water partition coefficient (Wildman–Crippen LogP) is 24.6. The number of esters is 3. The summed E-state index contributed by atoms with van der Waals surface area (Å²) >= 11 is 0. The molecule has 0 bridgehead atoms. The van der Waals surface area contributed by atoms with Gasteiger partial charge in [-0.1, -0.05) is 337 Å². The Kier molecular flexibility index (Phi) is 67.2. The van der Waals surface area contributed by atoms with Crippen LogP contribution in [0.25, 0.3) is 0 Å². The van der Waals surface area contributed by atoms with E-state index in [1.54, 1.807) is 0 Å². The minimum Gasteiger partial charge on any atom is -0.462 e. The van der Waals surface area contributed by atoms with Crippen LogP contribution < -0.4 is 0 Å². The van der Waals surface area contributed by atoms with E-state index in [0.29, 0.717) is 19.3 Å². The summed E-state index contributed by atoms with van der Waals surface area (Å²) in [4.78, 5) is 38.4. The van der Waals surface area contributed by atoms with Gasteiger partial charge in [0.15, 0.2) is 6.10 Å². The predicted molar refractivity (Wildman–Crippen MR) is 358 cm³/mol. The maximum absolute atomic E-state index is 13.0. The van der Waals surface area contributed by atoms with Gasteiger partial charge in [0, 0.05) is 19.3 Å². The van der Waals surface area contributed by atoms with Crippen molar-refractivity contribution in [1.29, 1.82) is 0 Å². The van der Waals surface area contributed by atoms with Crippen molar-refractivity contribution in [2.45, 2.75) is 367 Å². The maximum atomic E-state index is 13.0. The van der Waals surface area contributed by atoms with Crippen LogP contribution in [0, 0.1) is 0 Å². The van der Waals surface area contributed by atoms with Crippen LogP contribution in [0.15, 0.2) is 85.1 Å². The van der Waals surface area contributed by atoms with Crippen LogP contribution in [-0.4, -0.2) is 37.2 Å². The van der Waals surface area contributed by atoms with Gasteiger partial charge in [-0.25, -0.2) is 0 Å². The van der Waals surface area contributed by atoms with Gasteiger partial charge in [-0.05, 0) is 89.9 Å². The molecule has 0 heterocycles. The third-order valence-electron chi connectivity index (χ3n) is 15.6. The zero-order chi connectivity index (χ0) is 59.2. The second kappa shape index (κ2) is 70.1. The van der Waals surface area contributed by atoms with Crippen LogP contribution in [0.4, 0.5) is 0 Å². The summed E-state index contributed by atoms with van der Waals surface area (Å²) in [6, 6.07) is 0. The normalized spacial score (nSPS) is 12.6. The van der Waals surface area contributed by atoms with E-state index in [-0.39, 0.29) is 31.1 Å².